The first-order valence-corrected chi connectivity index (χ1v) is 14.5. The Morgan fingerprint density at radius 3 is 1.72 bits per heavy atom. The largest absolute Gasteiger partial charge is 0.507 e. The molecule has 2 aromatic carbocycles. The summed E-state index contributed by atoms with van der Waals surface area (Å²) >= 11 is 0. The van der Waals surface area contributed by atoms with Crippen molar-refractivity contribution >= 4 is 12.4 Å². The van der Waals surface area contributed by atoms with Gasteiger partial charge in [0, 0.05) is 34.7 Å². The molecular weight excluding hydrogens is 480 g/mol. The van der Waals surface area contributed by atoms with Crippen molar-refractivity contribution in [2.24, 2.45) is 15.4 Å². The van der Waals surface area contributed by atoms with Crippen LogP contribution in [0.15, 0.2) is 34.3 Å². The molecule has 214 valence electrons. The van der Waals surface area contributed by atoms with Crippen molar-refractivity contribution in [1.82, 2.24) is 0 Å². The Morgan fingerprint density at radius 2 is 1.21 bits per heavy atom. The van der Waals surface area contributed by atoms with Crippen molar-refractivity contribution in [3.05, 3.63) is 57.6 Å². The Labute approximate surface area is 237 Å². The van der Waals surface area contributed by atoms with Crippen LogP contribution in [0.25, 0.3) is 0 Å². The third kappa shape index (κ3) is 7.52. The maximum atomic E-state index is 11.3. The highest BCUT2D eigenvalue weighted by Crippen LogP contribution is 2.40. The second kappa shape index (κ2) is 10.7. The van der Waals surface area contributed by atoms with Crippen LogP contribution in [-0.2, 0) is 16.2 Å². The first-order chi connectivity index (χ1) is 17.7. The number of aryl methyl sites for hydroxylation is 1. The van der Waals surface area contributed by atoms with Crippen molar-refractivity contribution in [2.45, 2.75) is 131 Å². The minimum absolute atomic E-state index is 0.00480. The van der Waals surface area contributed by atoms with Crippen LogP contribution in [0.3, 0.4) is 0 Å². The van der Waals surface area contributed by atoms with E-state index in [0.717, 1.165) is 47.1 Å². The van der Waals surface area contributed by atoms with Gasteiger partial charge >= 0.3 is 0 Å². The highest BCUT2D eigenvalue weighted by atomic mass is 16.3. The zero-order valence-corrected chi connectivity index (χ0v) is 26.5. The Morgan fingerprint density at radius 1 is 0.718 bits per heavy atom. The fourth-order valence-electron chi connectivity index (χ4n) is 5.45. The van der Waals surface area contributed by atoms with Crippen LogP contribution in [0.4, 0.5) is 0 Å². The number of aromatic hydroxyl groups is 2. The summed E-state index contributed by atoms with van der Waals surface area (Å²) in [6.07, 6.45) is 6.65. The highest BCUT2D eigenvalue weighted by molar-refractivity contribution is 5.86. The molecule has 0 heterocycles. The van der Waals surface area contributed by atoms with Crippen LogP contribution in [0, 0.1) is 12.3 Å². The van der Waals surface area contributed by atoms with E-state index in [1.165, 1.54) is 5.56 Å². The number of rotatable bonds is 4. The molecule has 1 fully saturated rings. The van der Waals surface area contributed by atoms with Gasteiger partial charge in [0.15, 0.2) is 0 Å². The first-order valence-electron chi connectivity index (χ1n) is 14.5. The molecule has 2 N–H and O–H groups in total. The third-order valence-electron chi connectivity index (χ3n) is 8.04. The molecule has 1 saturated carbocycles. The van der Waals surface area contributed by atoms with Gasteiger partial charge in [0.2, 0.25) is 0 Å². The fourth-order valence-corrected chi connectivity index (χ4v) is 5.45. The van der Waals surface area contributed by atoms with Crippen molar-refractivity contribution < 1.29 is 10.2 Å². The molecule has 0 amide bonds. The van der Waals surface area contributed by atoms with E-state index in [1.807, 2.05) is 18.5 Å². The predicted octanol–water partition coefficient (Wildman–Crippen LogP) is 8.78. The lowest BCUT2D eigenvalue weighted by Gasteiger charge is -2.37. The lowest BCUT2D eigenvalue weighted by Crippen LogP contribution is -2.35. The van der Waals surface area contributed by atoms with Crippen molar-refractivity contribution in [3.8, 4) is 11.5 Å². The molecular formula is C35H52N2O2. The molecule has 2 aromatic rings. The van der Waals surface area contributed by atoms with Crippen LogP contribution < -0.4 is 0 Å². The minimum atomic E-state index is -0.185. The maximum absolute atomic E-state index is 11.3. The summed E-state index contributed by atoms with van der Waals surface area (Å²) in [5, 5.41) is 22.3. The highest BCUT2D eigenvalue weighted by Gasteiger charge is 2.34. The van der Waals surface area contributed by atoms with Crippen LogP contribution in [0.5, 0.6) is 11.5 Å². The summed E-state index contributed by atoms with van der Waals surface area (Å²) < 4.78 is 0. The van der Waals surface area contributed by atoms with Gasteiger partial charge in [0.25, 0.3) is 0 Å². The molecule has 0 saturated heterocycles. The number of hydrogen-bond donors (Lipinski definition) is 2. The number of nitrogens with zero attached hydrogens (tertiary/aromatic N) is 2. The number of benzene rings is 2. The SMILES string of the molecule is Cc1cc(C=NC2CCC(C)(C)CC2N=Cc2cc(C(C)(C)C)cc(C(C)(C)C)c2O)c(O)c(C(C)(C)C)c1. The van der Waals surface area contributed by atoms with E-state index in [-0.39, 0.29) is 33.7 Å². The molecule has 39 heavy (non-hydrogen) atoms. The second-order valence-corrected chi connectivity index (χ2v) is 15.6. The molecule has 2 unspecified atom stereocenters. The summed E-state index contributed by atoms with van der Waals surface area (Å²) in [4.78, 5) is 10.1. The monoisotopic (exact) mass is 532 g/mol. The predicted molar refractivity (Wildman–Crippen MR) is 167 cm³/mol. The molecule has 4 heteroatoms. The maximum Gasteiger partial charge on any atom is 0.128 e. The molecule has 0 aromatic heterocycles. The number of aliphatic imine (C=N–C) groups is 2. The van der Waals surface area contributed by atoms with Gasteiger partial charge < -0.3 is 10.2 Å². The van der Waals surface area contributed by atoms with E-state index in [1.54, 1.807) is 0 Å². The molecule has 0 bridgehead atoms. The summed E-state index contributed by atoms with van der Waals surface area (Å²) in [6.45, 7) is 26.0. The molecule has 1 aliphatic rings. The molecule has 1 aliphatic carbocycles. The van der Waals surface area contributed by atoms with E-state index in [4.69, 9.17) is 9.98 Å². The number of hydrogen-bond acceptors (Lipinski definition) is 4. The summed E-state index contributed by atoms with van der Waals surface area (Å²) in [7, 11) is 0. The van der Waals surface area contributed by atoms with Crippen LogP contribution in [-0.4, -0.2) is 34.7 Å². The normalized spacial score (nSPS) is 20.7. The van der Waals surface area contributed by atoms with E-state index < -0.39 is 0 Å². The van der Waals surface area contributed by atoms with Gasteiger partial charge in [-0.2, -0.15) is 0 Å². The molecule has 3 rings (SSSR count). The number of phenolic OH excluding ortho intramolecular Hbond substituents is 2. The molecule has 0 spiro atoms. The zero-order valence-electron chi connectivity index (χ0n) is 26.5. The van der Waals surface area contributed by atoms with Crippen LogP contribution in [0.2, 0.25) is 0 Å². The Balaban J connectivity index is 2.01. The van der Waals surface area contributed by atoms with Gasteiger partial charge in [-0.3, -0.25) is 9.98 Å². The van der Waals surface area contributed by atoms with Crippen molar-refractivity contribution in [1.29, 1.82) is 0 Å². The van der Waals surface area contributed by atoms with E-state index in [2.05, 4.69) is 101 Å². The summed E-state index contributed by atoms with van der Waals surface area (Å²) in [5.74, 6) is 0.625. The fraction of sp³-hybridized carbons (Fsp3) is 0.600. The van der Waals surface area contributed by atoms with E-state index in [0.29, 0.717) is 11.5 Å². The molecule has 0 aliphatic heterocycles. The van der Waals surface area contributed by atoms with E-state index >= 15 is 0 Å². The smallest absolute Gasteiger partial charge is 0.128 e. The second-order valence-electron chi connectivity index (χ2n) is 15.6. The first kappa shape index (κ1) is 30.9. The van der Waals surface area contributed by atoms with Gasteiger partial charge in [0.05, 0.1) is 12.1 Å². The lowest BCUT2D eigenvalue weighted by atomic mass is 9.73. The van der Waals surface area contributed by atoms with Gasteiger partial charge in [-0.1, -0.05) is 88.3 Å². The Bertz CT molecular complexity index is 1250. The third-order valence-corrected chi connectivity index (χ3v) is 8.04. The number of phenols is 2. The Hall–Kier alpha value is -2.62. The zero-order chi connectivity index (χ0) is 29.6. The quantitative estimate of drug-likeness (QED) is 0.386. The van der Waals surface area contributed by atoms with Gasteiger partial charge in [-0.05, 0) is 71.1 Å². The topological polar surface area (TPSA) is 65.2 Å². The molecule has 0 radical (unpaired) electrons. The van der Waals surface area contributed by atoms with Crippen molar-refractivity contribution in [3.63, 3.8) is 0 Å². The standard InChI is InChI=1S/C35H52N2O2/c1-22-15-23(30(38)26(16-22)33(5,6)7)20-36-28-13-14-35(11,12)19-29(28)37-21-24-17-25(32(2,3)4)18-27(31(24)39)34(8,9)10/h15-18,20-21,28-29,38-39H,13-14,19H2,1-12H3. The molecule has 2 atom stereocenters. The van der Waals surface area contributed by atoms with Crippen LogP contribution >= 0.6 is 0 Å². The summed E-state index contributed by atoms with van der Waals surface area (Å²) in [6, 6.07) is 8.30. The van der Waals surface area contributed by atoms with Gasteiger partial charge in [0.1, 0.15) is 11.5 Å². The Kier molecular flexibility index (Phi) is 8.52. The van der Waals surface area contributed by atoms with Gasteiger partial charge in [-0.15, -0.1) is 0 Å². The molecule has 4 nitrogen and oxygen atoms in total. The van der Waals surface area contributed by atoms with Crippen molar-refractivity contribution in [2.75, 3.05) is 0 Å². The van der Waals surface area contributed by atoms with Crippen LogP contribution in [0.1, 0.15) is 129 Å². The minimum Gasteiger partial charge on any atom is -0.507 e. The summed E-state index contributed by atoms with van der Waals surface area (Å²) in [5.41, 5.74) is 5.50. The van der Waals surface area contributed by atoms with Gasteiger partial charge in [-0.25, -0.2) is 0 Å². The lowest BCUT2D eigenvalue weighted by molar-refractivity contribution is 0.203. The average Bonchev–Trinajstić information content (AvgIpc) is 2.76. The average molecular weight is 533 g/mol. The van der Waals surface area contributed by atoms with E-state index in [9.17, 15) is 10.2 Å².